The van der Waals surface area contributed by atoms with Gasteiger partial charge in [0, 0.05) is 18.7 Å². The van der Waals surface area contributed by atoms with Crippen molar-refractivity contribution in [3.05, 3.63) is 24.3 Å². The summed E-state index contributed by atoms with van der Waals surface area (Å²) in [6.45, 7) is 2.49. The fourth-order valence-corrected chi connectivity index (χ4v) is 3.79. The fraction of sp³-hybridized carbons (Fsp3) is 0.533. The molecule has 1 fully saturated rings. The van der Waals surface area contributed by atoms with E-state index in [1.165, 1.54) is 0 Å². The lowest BCUT2D eigenvalue weighted by Crippen LogP contribution is -2.09. The molecule has 4 rings (SSSR count). The molecule has 1 saturated carbocycles. The summed E-state index contributed by atoms with van der Waals surface area (Å²) in [5, 5.41) is 18.2. The van der Waals surface area contributed by atoms with Crippen LogP contribution >= 0.6 is 0 Å². The highest BCUT2D eigenvalue weighted by Crippen LogP contribution is 2.44. The summed E-state index contributed by atoms with van der Waals surface area (Å²) in [5.74, 6) is 2.33. The Balaban J connectivity index is 1.88. The highest BCUT2D eigenvalue weighted by Gasteiger charge is 2.36. The predicted molar refractivity (Wildman–Crippen MR) is 79.0 cm³/mol. The second kappa shape index (κ2) is 4.80. The molecule has 3 heterocycles. The van der Waals surface area contributed by atoms with Crippen molar-refractivity contribution in [2.75, 3.05) is 6.61 Å². The first kappa shape index (κ1) is 12.8. The van der Waals surface area contributed by atoms with E-state index in [-0.39, 0.29) is 6.61 Å². The molecule has 0 aliphatic heterocycles. The third-order valence-electron chi connectivity index (χ3n) is 4.87. The minimum absolute atomic E-state index is 0.269. The third-order valence-corrected chi connectivity index (χ3v) is 4.87. The molecule has 3 aromatic rings. The van der Waals surface area contributed by atoms with Gasteiger partial charge in [0.2, 0.25) is 0 Å². The number of fused-ring (bicyclic) bond motifs is 3. The maximum Gasteiger partial charge on any atom is 0.179 e. The highest BCUT2D eigenvalue weighted by atomic mass is 16.3. The average Bonchev–Trinajstić information content (AvgIpc) is 3.22. The van der Waals surface area contributed by atoms with E-state index in [1.54, 1.807) is 6.20 Å². The first-order chi connectivity index (χ1) is 10.3. The number of hydrogen-bond donors (Lipinski definition) is 2. The second-order valence-corrected chi connectivity index (χ2v) is 6.02. The molecule has 3 unspecified atom stereocenters. The van der Waals surface area contributed by atoms with Gasteiger partial charge in [-0.2, -0.15) is 0 Å². The largest absolute Gasteiger partial charge is 0.396 e. The Kier molecular flexibility index (Phi) is 2.92. The zero-order valence-electron chi connectivity index (χ0n) is 12.0. The molecule has 6 heteroatoms. The van der Waals surface area contributed by atoms with E-state index in [4.69, 9.17) is 0 Å². The van der Waals surface area contributed by atoms with Gasteiger partial charge in [-0.25, -0.2) is 4.98 Å². The van der Waals surface area contributed by atoms with Crippen molar-refractivity contribution in [1.29, 1.82) is 0 Å². The van der Waals surface area contributed by atoms with Crippen molar-refractivity contribution >= 4 is 16.8 Å². The molecule has 0 saturated heterocycles. The van der Waals surface area contributed by atoms with Crippen LogP contribution in [0.2, 0.25) is 0 Å². The number of H-pyrrole nitrogens is 1. The molecule has 0 amide bonds. The van der Waals surface area contributed by atoms with Gasteiger partial charge < -0.3 is 10.1 Å². The molecule has 3 atom stereocenters. The van der Waals surface area contributed by atoms with E-state index in [9.17, 15) is 5.11 Å². The van der Waals surface area contributed by atoms with Crippen molar-refractivity contribution in [1.82, 2.24) is 24.6 Å². The Morgan fingerprint density at radius 1 is 1.38 bits per heavy atom. The number of aromatic amines is 1. The standard InChI is InChI=1S/C15H19N5O/c1-2-10-5-9(8-21)6-11(10)15-19-18-13-7-17-14-12(20(13)15)3-4-16-14/h3-4,7,9-11,16,21H,2,5-6,8H2,1H3. The van der Waals surface area contributed by atoms with Gasteiger partial charge in [0.15, 0.2) is 11.3 Å². The number of hydrogen-bond acceptors (Lipinski definition) is 4. The molecule has 1 aliphatic carbocycles. The molecular formula is C15H19N5O. The maximum absolute atomic E-state index is 9.49. The summed E-state index contributed by atoms with van der Waals surface area (Å²) in [6.07, 6.45) is 6.83. The first-order valence-electron chi connectivity index (χ1n) is 7.59. The summed E-state index contributed by atoms with van der Waals surface area (Å²) in [5.41, 5.74) is 2.67. The molecule has 3 aromatic heterocycles. The monoisotopic (exact) mass is 285 g/mol. The summed E-state index contributed by atoms with van der Waals surface area (Å²) in [6, 6.07) is 2.02. The molecule has 1 aliphatic rings. The first-order valence-corrected chi connectivity index (χ1v) is 7.59. The lowest BCUT2D eigenvalue weighted by atomic mass is 9.93. The van der Waals surface area contributed by atoms with E-state index in [0.29, 0.717) is 17.8 Å². The summed E-state index contributed by atoms with van der Waals surface area (Å²) < 4.78 is 2.12. The zero-order valence-corrected chi connectivity index (χ0v) is 12.0. The van der Waals surface area contributed by atoms with Gasteiger partial charge >= 0.3 is 0 Å². The minimum Gasteiger partial charge on any atom is -0.396 e. The summed E-state index contributed by atoms with van der Waals surface area (Å²) in [7, 11) is 0. The molecule has 110 valence electrons. The van der Waals surface area contributed by atoms with Crippen molar-refractivity contribution in [2.24, 2.45) is 11.8 Å². The van der Waals surface area contributed by atoms with Crippen LogP contribution in [-0.4, -0.2) is 36.3 Å². The van der Waals surface area contributed by atoms with Crippen LogP contribution < -0.4 is 0 Å². The van der Waals surface area contributed by atoms with Gasteiger partial charge in [0.1, 0.15) is 5.82 Å². The van der Waals surface area contributed by atoms with Crippen LogP contribution in [0.1, 0.15) is 37.9 Å². The predicted octanol–water partition coefficient (Wildman–Crippen LogP) is 2.12. The summed E-state index contributed by atoms with van der Waals surface area (Å²) in [4.78, 5) is 7.50. The third kappa shape index (κ3) is 1.86. The van der Waals surface area contributed by atoms with Crippen LogP contribution in [0, 0.1) is 11.8 Å². The van der Waals surface area contributed by atoms with Gasteiger partial charge in [-0.05, 0) is 30.7 Å². The quantitative estimate of drug-likeness (QED) is 0.772. The van der Waals surface area contributed by atoms with Gasteiger partial charge in [-0.1, -0.05) is 13.3 Å². The number of nitrogens with one attached hydrogen (secondary N) is 1. The maximum atomic E-state index is 9.49. The van der Waals surface area contributed by atoms with E-state index >= 15 is 0 Å². The van der Waals surface area contributed by atoms with Gasteiger partial charge in [-0.15, -0.1) is 10.2 Å². The Hall–Kier alpha value is -1.95. The van der Waals surface area contributed by atoms with Crippen molar-refractivity contribution in [3.63, 3.8) is 0 Å². The molecular weight excluding hydrogens is 266 g/mol. The Morgan fingerprint density at radius 3 is 3.10 bits per heavy atom. The van der Waals surface area contributed by atoms with Crippen LogP contribution in [0.4, 0.5) is 0 Å². The van der Waals surface area contributed by atoms with Crippen molar-refractivity contribution in [3.8, 4) is 0 Å². The molecule has 0 radical (unpaired) electrons. The zero-order chi connectivity index (χ0) is 14.4. The van der Waals surface area contributed by atoms with E-state index in [0.717, 1.165) is 41.9 Å². The van der Waals surface area contributed by atoms with Crippen molar-refractivity contribution in [2.45, 2.75) is 32.1 Å². The van der Waals surface area contributed by atoms with Crippen LogP contribution in [0.5, 0.6) is 0 Å². The number of aliphatic hydroxyl groups is 1. The normalized spacial score (nSPS) is 26.1. The van der Waals surface area contributed by atoms with E-state index in [2.05, 4.69) is 31.5 Å². The Morgan fingerprint density at radius 2 is 2.29 bits per heavy atom. The molecule has 0 bridgehead atoms. The smallest absolute Gasteiger partial charge is 0.179 e. The fourth-order valence-electron chi connectivity index (χ4n) is 3.79. The van der Waals surface area contributed by atoms with Gasteiger partial charge in [-0.3, -0.25) is 4.40 Å². The van der Waals surface area contributed by atoms with Gasteiger partial charge in [0.25, 0.3) is 0 Å². The number of rotatable bonds is 3. The van der Waals surface area contributed by atoms with Gasteiger partial charge in [0.05, 0.1) is 11.7 Å². The summed E-state index contributed by atoms with van der Waals surface area (Å²) >= 11 is 0. The number of nitrogens with zero attached hydrogens (tertiary/aromatic N) is 4. The lowest BCUT2D eigenvalue weighted by molar-refractivity contribution is 0.225. The van der Waals surface area contributed by atoms with Crippen LogP contribution in [-0.2, 0) is 0 Å². The minimum atomic E-state index is 0.269. The average molecular weight is 285 g/mol. The molecule has 21 heavy (non-hydrogen) atoms. The number of aliphatic hydroxyl groups excluding tert-OH is 1. The van der Waals surface area contributed by atoms with E-state index < -0.39 is 0 Å². The molecule has 6 nitrogen and oxygen atoms in total. The molecule has 2 N–H and O–H groups in total. The lowest BCUT2D eigenvalue weighted by Gasteiger charge is -2.16. The topological polar surface area (TPSA) is 79.1 Å². The molecule has 0 spiro atoms. The second-order valence-electron chi connectivity index (χ2n) is 6.02. The SMILES string of the molecule is CCC1CC(CO)CC1c1nnc2cnc3[nH]ccc3n12. The highest BCUT2D eigenvalue weighted by molar-refractivity contribution is 5.74. The van der Waals surface area contributed by atoms with E-state index in [1.807, 2.05) is 12.3 Å². The Bertz CT molecular complexity index is 777. The van der Waals surface area contributed by atoms with Crippen LogP contribution in [0.25, 0.3) is 16.8 Å². The van der Waals surface area contributed by atoms with Crippen LogP contribution in [0.15, 0.2) is 18.5 Å². The van der Waals surface area contributed by atoms with Crippen LogP contribution in [0.3, 0.4) is 0 Å². The van der Waals surface area contributed by atoms with Crippen molar-refractivity contribution < 1.29 is 5.11 Å². The Labute approximate surface area is 122 Å². The molecule has 0 aromatic carbocycles. The number of aromatic nitrogens is 5.